The Hall–Kier alpha value is -0.380. The molecule has 1 aromatic rings. The fourth-order valence-corrected chi connectivity index (χ4v) is 4.79. The molecule has 0 fully saturated rings. The van der Waals surface area contributed by atoms with Gasteiger partial charge in [-0.2, -0.15) is 8.78 Å². The van der Waals surface area contributed by atoms with E-state index in [1.54, 1.807) is 0 Å². The molecule has 1 rings (SSSR count). The molecular weight excluding hydrogens is 342 g/mol. The van der Waals surface area contributed by atoms with Gasteiger partial charge in [-0.05, 0) is 12.1 Å². The molecule has 0 heterocycles. The molecule has 0 spiro atoms. The molecule has 0 saturated carbocycles. The van der Waals surface area contributed by atoms with Crippen molar-refractivity contribution in [1.82, 2.24) is 0 Å². The lowest BCUT2D eigenvalue weighted by atomic mass is 10.4. The van der Waals surface area contributed by atoms with Gasteiger partial charge < -0.3 is 0 Å². The standard InChI is InChI=1S/C9H9ClF2O4S3/c10-18(13,14)6-5-17-7-3-1-2-4-8(7)19(15,16)9(11)12/h1-4,9H,5-6H2. The van der Waals surface area contributed by atoms with Gasteiger partial charge in [0.25, 0.3) is 0 Å². The van der Waals surface area contributed by atoms with E-state index in [1.807, 2.05) is 0 Å². The Kier molecular flexibility index (Phi) is 5.60. The molecule has 0 aliphatic carbocycles. The molecule has 0 bridgehead atoms. The van der Waals surface area contributed by atoms with Crippen molar-refractivity contribution in [2.24, 2.45) is 0 Å². The van der Waals surface area contributed by atoms with Crippen molar-refractivity contribution in [3.8, 4) is 0 Å². The van der Waals surface area contributed by atoms with Crippen LogP contribution in [0.15, 0.2) is 34.1 Å². The molecule has 1 aromatic carbocycles. The average Bonchev–Trinajstić information content (AvgIpc) is 2.27. The first kappa shape index (κ1) is 16.7. The van der Waals surface area contributed by atoms with Crippen molar-refractivity contribution < 1.29 is 25.6 Å². The quantitative estimate of drug-likeness (QED) is 0.582. The van der Waals surface area contributed by atoms with Crippen LogP contribution in [0.4, 0.5) is 8.78 Å². The zero-order valence-electron chi connectivity index (χ0n) is 9.29. The highest BCUT2D eigenvalue weighted by Gasteiger charge is 2.29. The molecule has 10 heteroatoms. The average molecular weight is 351 g/mol. The Labute approximate surface area is 118 Å². The largest absolute Gasteiger partial charge is 0.341 e. The highest BCUT2D eigenvalue weighted by Crippen LogP contribution is 2.29. The monoisotopic (exact) mass is 350 g/mol. The minimum Gasteiger partial charge on any atom is -0.218 e. The van der Waals surface area contributed by atoms with Crippen LogP contribution in [-0.2, 0) is 18.9 Å². The van der Waals surface area contributed by atoms with E-state index in [1.165, 1.54) is 18.2 Å². The Morgan fingerprint density at radius 2 is 1.74 bits per heavy atom. The van der Waals surface area contributed by atoms with E-state index in [0.717, 1.165) is 17.8 Å². The van der Waals surface area contributed by atoms with E-state index in [2.05, 4.69) is 0 Å². The third-order valence-electron chi connectivity index (χ3n) is 1.97. The van der Waals surface area contributed by atoms with E-state index in [9.17, 15) is 25.6 Å². The summed E-state index contributed by atoms with van der Waals surface area (Å²) in [5.41, 5.74) is 0. The minimum atomic E-state index is -4.71. The van der Waals surface area contributed by atoms with Gasteiger partial charge in [-0.3, -0.25) is 0 Å². The van der Waals surface area contributed by atoms with Gasteiger partial charge in [-0.15, -0.1) is 11.8 Å². The van der Waals surface area contributed by atoms with E-state index in [0.29, 0.717) is 0 Å². The van der Waals surface area contributed by atoms with Crippen LogP contribution in [0.2, 0.25) is 0 Å². The normalized spacial score (nSPS) is 12.8. The molecule has 0 radical (unpaired) electrons. The first-order valence-corrected chi connectivity index (χ1v) is 9.82. The molecule has 0 unspecified atom stereocenters. The summed E-state index contributed by atoms with van der Waals surface area (Å²) in [6, 6.07) is 5.18. The number of alkyl halides is 2. The van der Waals surface area contributed by atoms with E-state index in [-0.39, 0.29) is 16.4 Å². The molecule has 4 nitrogen and oxygen atoms in total. The maximum absolute atomic E-state index is 12.5. The number of hydrogen-bond acceptors (Lipinski definition) is 5. The third-order valence-corrected chi connectivity index (χ3v) is 6.03. The molecule has 0 aliphatic rings. The minimum absolute atomic E-state index is 0.0262. The predicted octanol–water partition coefficient (Wildman–Crippen LogP) is 2.34. The topological polar surface area (TPSA) is 68.3 Å². The van der Waals surface area contributed by atoms with Crippen molar-refractivity contribution >= 4 is 41.3 Å². The summed E-state index contributed by atoms with van der Waals surface area (Å²) < 4.78 is 69.2. The molecule has 19 heavy (non-hydrogen) atoms. The third kappa shape index (κ3) is 4.90. The molecule has 108 valence electrons. The Morgan fingerprint density at radius 1 is 1.16 bits per heavy atom. The lowest BCUT2D eigenvalue weighted by molar-refractivity contribution is 0.234. The summed E-state index contributed by atoms with van der Waals surface area (Å²) >= 11 is 0.842. The van der Waals surface area contributed by atoms with Crippen LogP contribution in [0, 0.1) is 0 Å². The molecule has 0 N–H and O–H groups in total. The Morgan fingerprint density at radius 3 is 2.26 bits per heavy atom. The van der Waals surface area contributed by atoms with Gasteiger partial charge in [0.1, 0.15) is 0 Å². The first-order chi connectivity index (χ1) is 8.64. The van der Waals surface area contributed by atoms with Crippen LogP contribution < -0.4 is 0 Å². The maximum atomic E-state index is 12.5. The van der Waals surface area contributed by atoms with Crippen LogP contribution in [0.1, 0.15) is 0 Å². The lowest BCUT2D eigenvalue weighted by Gasteiger charge is -2.08. The Bertz CT molecular complexity index is 643. The summed E-state index contributed by atoms with van der Waals surface area (Å²) in [6.07, 6.45) is 0. The van der Waals surface area contributed by atoms with Crippen molar-refractivity contribution in [2.75, 3.05) is 11.5 Å². The number of thioether (sulfide) groups is 1. The van der Waals surface area contributed by atoms with E-state index >= 15 is 0 Å². The van der Waals surface area contributed by atoms with Gasteiger partial charge in [0.05, 0.1) is 10.6 Å². The highest BCUT2D eigenvalue weighted by atomic mass is 35.7. The molecule has 0 amide bonds. The van der Waals surface area contributed by atoms with E-state index in [4.69, 9.17) is 10.7 Å². The van der Waals surface area contributed by atoms with Gasteiger partial charge in [-0.1, -0.05) is 12.1 Å². The number of benzene rings is 1. The van der Waals surface area contributed by atoms with E-state index < -0.39 is 29.5 Å². The number of halogens is 3. The van der Waals surface area contributed by atoms with Gasteiger partial charge in [-0.25, -0.2) is 16.8 Å². The van der Waals surface area contributed by atoms with Gasteiger partial charge in [0.15, 0.2) is 0 Å². The SMILES string of the molecule is O=S(=O)(Cl)CCSc1ccccc1S(=O)(=O)C(F)F. The van der Waals surface area contributed by atoms with Gasteiger partial charge >= 0.3 is 5.76 Å². The number of hydrogen-bond donors (Lipinski definition) is 0. The number of sulfone groups is 1. The zero-order chi connectivity index (χ0) is 14.7. The molecular formula is C9H9ClF2O4S3. The first-order valence-electron chi connectivity index (χ1n) is 4.81. The molecule has 0 aliphatic heterocycles. The van der Waals surface area contributed by atoms with Crippen LogP contribution in [0.25, 0.3) is 0 Å². The summed E-state index contributed by atoms with van der Waals surface area (Å²) in [6.45, 7) is 0. The van der Waals surface area contributed by atoms with Crippen molar-refractivity contribution in [3.05, 3.63) is 24.3 Å². The van der Waals surface area contributed by atoms with Crippen molar-refractivity contribution in [3.63, 3.8) is 0 Å². The van der Waals surface area contributed by atoms with Crippen LogP contribution >= 0.6 is 22.4 Å². The zero-order valence-corrected chi connectivity index (χ0v) is 12.5. The van der Waals surface area contributed by atoms with Crippen LogP contribution in [0.3, 0.4) is 0 Å². The maximum Gasteiger partial charge on any atom is 0.341 e. The Balaban J connectivity index is 2.98. The lowest BCUT2D eigenvalue weighted by Crippen LogP contribution is -2.12. The van der Waals surface area contributed by atoms with Crippen molar-refractivity contribution in [1.29, 1.82) is 0 Å². The van der Waals surface area contributed by atoms with Gasteiger partial charge in [0.2, 0.25) is 18.9 Å². The molecule has 0 saturated heterocycles. The number of rotatable bonds is 6. The second kappa shape index (κ2) is 6.38. The van der Waals surface area contributed by atoms with Gasteiger partial charge in [0, 0.05) is 21.3 Å². The highest BCUT2D eigenvalue weighted by molar-refractivity contribution is 8.14. The molecule has 0 atom stereocenters. The van der Waals surface area contributed by atoms with Crippen LogP contribution in [0.5, 0.6) is 0 Å². The summed E-state index contributed by atoms with van der Waals surface area (Å²) in [7, 11) is -3.41. The van der Waals surface area contributed by atoms with Crippen LogP contribution in [-0.4, -0.2) is 34.1 Å². The summed E-state index contributed by atoms with van der Waals surface area (Å²) in [5, 5.41) is 0. The predicted molar refractivity (Wildman–Crippen MR) is 70.0 cm³/mol. The summed E-state index contributed by atoms with van der Waals surface area (Å²) in [5.74, 6) is -3.94. The fraction of sp³-hybridized carbons (Fsp3) is 0.333. The second-order valence-electron chi connectivity index (χ2n) is 3.34. The molecule has 0 aromatic heterocycles. The second-order valence-corrected chi connectivity index (χ2v) is 9.26. The smallest absolute Gasteiger partial charge is 0.218 e. The summed E-state index contributed by atoms with van der Waals surface area (Å²) in [4.78, 5) is -0.440. The van der Waals surface area contributed by atoms with Crippen molar-refractivity contribution in [2.45, 2.75) is 15.5 Å². The fourth-order valence-electron chi connectivity index (χ4n) is 1.15.